The fraction of sp³-hybridized carbons (Fsp3) is 0.600. The van der Waals surface area contributed by atoms with E-state index in [4.69, 9.17) is 11.6 Å². The Labute approximate surface area is 136 Å². The molecule has 1 aromatic heterocycles. The van der Waals surface area contributed by atoms with Gasteiger partial charge in [0.15, 0.2) is 0 Å². The first-order chi connectivity index (χ1) is 10.1. The summed E-state index contributed by atoms with van der Waals surface area (Å²) >= 11 is 9.59. The number of carbonyl (C=O) groups excluding carboxylic acids is 1. The van der Waals surface area contributed by atoms with Gasteiger partial charge in [-0.2, -0.15) is 0 Å². The van der Waals surface area contributed by atoms with Crippen LogP contribution in [0.1, 0.15) is 55.4 Å². The lowest BCUT2D eigenvalue weighted by Crippen LogP contribution is -2.52. The summed E-state index contributed by atoms with van der Waals surface area (Å²) in [5.74, 6) is -0.0611. The number of hydrogen-bond donors (Lipinski definition) is 0. The van der Waals surface area contributed by atoms with Crippen LogP contribution in [0.2, 0.25) is 5.02 Å². The van der Waals surface area contributed by atoms with E-state index >= 15 is 0 Å². The molecule has 0 bridgehead atoms. The fourth-order valence-electron chi connectivity index (χ4n) is 3.98. The first-order valence-corrected chi connectivity index (χ1v) is 8.68. The second kappa shape index (κ2) is 4.59. The quantitative estimate of drug-likeness (QED) is 0.758. The highest BCUT2D eigenvalue weighted by Crippen LogP contribution is 2.49. The zero-order chi connectivity index (χ0) is 14.8. The molecule has 2 saturated carbocycles. The number of halogens is 2. The number of amides is 1. The van der Waals surface area contributed by atoms with Crippen molar-refractivity contribution in [1.82, 2.24) is 9.47 Å². The Balaban J connectivity index is 2.01. The molecule has 0 atom stereocenters. The molecule has 6 heteroatoms. The molecule has 0 radical (unpaired) electrons. The van der Waals surface area contributed by atoms with Gasteiger partial charge in [-0.15, -0.1) is 0 Å². The van der Waals surface area contributed by atoms with Crippen molar-refractivity contribution in [1.29, 1.82) is 0 Å². The molecular weight excluding hydrogens is 356 g/mol. The largest absolute Gasteiger partial charge is 0.311 e. The highest BCUT2D eigenvalue weighted by molar-refractivity contribution is 9.10. The van der Waals surface area contributed by atoms with Crippen LogP contribution in [0.5, 0.6) is 0 Å². The third-order valence-corrected chi connectivity index (χ3v) is 5.82. The van der Waals surface area contributed by atoms with Gasteiger partial charge in [-0.1, -0.05) is 18.0 Å². The molecule has 1 aromatic rings. The summed E-state index contributed by atoms with van der Waals surface area (Å²) in [5.41, 5.74) is -0.220. The van der Waals surface area contributed by atoms with Crippen molar-refractivity contribution in [2.24, 2.45) is 0 Å². The summed E-state index contributed by atoms with van der Waals surface area (Å²) in [7, 11) is 0. The lowest BCUT2D eigenvalue weighted by molar-refractivity contribution is 0.00822. The third kappa shape index (κ3) is 1.80. The van der Waals surface area contributed by atoms with E-state index in [2.05, 4.69) is 15.9 Å². The van der Waals surface area contributed by atoms with Gasteiger partial charge in [0, 0.05) is 6.04 Å². The first-order valence-electron chi connectivity index (χ1n) is 7.51. The maximum atomic E-state index is 12.9. The molecule has 1 aliphatic heterocycles. The molecule has 0 aromatic carbocycles. The Bertz CT molecular complexity index is 690. The second-order valence-electron chi connectivity index (χ2n) is 6.28. The molecule has 4 nitrogen and oxygen atoms in total. The van der Waals surface area contributed by atoms with Gasteiger partial charge in [0.1, 0.15) is 11.4 Å². The van der Waals surface area contributed by atoms with Crippen LogP contribution in [0.3, 0.4) is 0 Å². The minimum absolute atomic E-state index is 0.0611. The van der Waals surface area contributed by atoms with Gasteiger partial charge in [-0.05, 0) is 60.5 Å². The Kier molecular flexibility index (Phi) is 3.02. The van der Waals surface area contributed by atoms with Crippen molar-refractivity contribution in [3.8, 4) is 0 Å². The zero-order valence-electron chi connectivity index (χ0n) is 11.6. The molecule has 112 valence electrons. The Morgan fingerprint density at radius 3 is 2.48 bits per heavy atom. The van der Waals surface area contributed by atoms with Gasteiger partial charge in [0.05, 0.1) is 9.50 Å². The lowest BCUT2D eigenvalue weighted by Gasteiger charge is -2.42. The van der Waals surface area contributed by atoms with Crippen LogP contribution in [-0.2, 0) is 5.66 Å². The first kappa shape index (κ1) is 13.8. The topological polar surface area (TPSA) is 42.3 Å². The summed E-state index contributed by atoms with van der Waals surface area (Å²) in [5, 5.41) is 0.375. The number of aromatic nitrogens is 1. The van der Waals surface area contributed by atoms with Crippen molar-refractivity contribution in [2.45, 2.75) is 56.7 Å². The van der Waals surface area contributed by atoms with Crippen LogP contribution in [0.4, 0.5) is 0 Å². The SMILES string of the molecule is O=C1c2c(Cl)cc(Br)c(=O)n2C2(CCCCC2)N1C1CC1. The van der Waals surface area contributed by atoms with Crippen LogP contribution < -0.4 is 5.56 Å². The second-order valence-corrected chi connectivity index (χ2v) is 7.54. The molecule has 2 fully saturated rings. The van der Waals surface area contributed by atoms with Gasteiger partial charge in [-0.25, -0.2) is 0 Å². The molecule has 4 rings (SSSR count). The van der Waals surface area contributed by atoms with Crippen molar-refractivity contribution in [2.75, 3.05) is 0 Å². The van der Waals surface area contributed by atoms with E-state index in [1.54, 1.807) is 10.6 Å². The van der Waals surface area contributed by atoms with Crippen molar-refractivity contribution in [3.63, 3.8) is 0 Å². The van der Waals surface area contributed by atoms with Crippen molar-refractivity contribution >= 4 is 33.4 Å². The molecule has 3 aliphatic rings. The van der Waals surface area contributed by atoms with E-state index < -0.39 is 5.66 Å². The van der Waals surface area contributed by atoms with Crippen LogP contribution in [0, 0.1) is 0 Å². The predicted octanol–water partition coefficient (Wildman–Crippen LogP) is 3.50. The van der Waals surface area contributed by atoms with E-state index in [0.717, 1.165) is 38.5 Å². The summed E-state index contributed by atoms with van der Waals surface area (Å²) in [6, 6.07) is 1.84. The average Bonchev–Trinajstić information content (AvgIpc) is 3.24. The van der Waals surface area contributed by atoms with E-state index in [9.17, 15) is 9.59 Å². The van der Waals surface area contributed by atoms with Crippen LogP contribution in [-0.4, -0.2) is 21.4 Å². The molecule has 2 aliphatic carbocycles. The van der Waals surface area contributed by atoms with Gasteiger partial charge in [-0.3, -0.25) is 14.2 Å². The van der Waals surface area contributed by atoms with Crippen LogP contribution in [0.25, 0.3) is 0 Å². The third-order valence-electron chi connectivity index (χ3n) is 4.96. The molecule has 1 amide bonds. The lowest BCUT2D eigenvalue weighted by atomic mass is 9.87. The molecule has 21 heavy (non-hydrogen) atoms. The van der Waals surface area contributed by atoms with E-state index in [-0.39, 0.29) is 17.5 Å². The van der Waals surface area contributed by atoms with E-state index in [1.807, 2.05) is 4.90 Å². The highest BCUT2D eigenvalue weighted by Gasteiger charge is 2.56. The Hall–Kier alpha value is -0.810. The maximum absolute atomic E-state index is 12.9. The molecule has 1 spiro atoms. The van der Waals surface area contributed by atoms with Crippen molar-refractivity contribution in [3.05, 3.63) is 31.6 Å². The molecule has 0 saturated heterocycles. The standard InChI is InChI=1S/C15H16BrClN2O2/c16-10-8-11(17)12-14(21)18(9-4-5-9)15(19(12)13(10)20)6-2-1-3-7-15/h8-9H,1-7H2. The molecule has 2 heterocycles. The van der Waals surface area contributed by atoms with E-state index in [1.165, 1.54) is 6.42 Å². The fourth-order valence-corrected chi connectivity index (χ4v) is 4.80. The number of fused-ring (bicyclic) bond motifs is 2. The number of hydrogen-bond acceptors (Lipinski definition) is 2. The van der Waals surface area contributed by atoms with Gasteiger partial charge >= 0.3 is 0 Å². The number of carbonyl (C=O) groups is 1. The summed E-state index contributed by atoms with van der Waals surface area (Å²) in [4.78, 5) is 27.6. The molecule has 0 unspecified atom stereocenters. The average molecular weight is 372 g/mol. The normalized spacial score (nSPS) is 23.7. The van der Waals surface area contributed by atoms with Gasteiger partial charge in [0.2, 0.25) is 0 Å². The van der Waals surface area contributed by atoms with Gasteiger partial charge in [0.25, 0.3) is 11.5 Å². The van der Waals surface area contributed by atoms with Crippen LogP contribution >= 0.6 is 27.5 Å². The smallest absolute Gasteiger partial charge is 0.274 e. The van der Waals surface area contributed by atoms with Crippen molar-refractivity contribution < 1.29 is 4.79 Å². The minimum Gasteiger partial charge on any atom is -0.311 e. The van der Waals surface area contributed by atoms with Crippen LogP contribution in [0.15, 0.2) is 15.3 Å². The number of rotatable bonds is 1. The zero-order valence-corrected chi connectivity index (χ0v) is 13.9. The molecular formula is C15H16BrClN2O2. The predicted molar refractivity (Wildman–Crippen MR) is 83.7 cm³/mol. The van der Waals surface area contributed by atoms with Gasteiger partial charge < -0.3 is 4.90 Å². The minimum atomic E-state index is -0.476. The van der Waals surface area contributed by atoms with E-state index in [0.29, 0.717) is 15.2 Å². The monoisotopic (exact) mass is 370 g/mol. The summed E-state index contributed by atoms with van der Waals surface area (Å²) in [6.07, 6.45) is 7.05. The number of pyridine rings is 1. The molecule has 0 N–H and O–H groups in total. The maximum Gasteiger partial charge on any atom is 0.274 e. The summed E-state index contributed by atoms with van der Waals surface area (Å²) in [6.45, 7) is 0. The number of nitrogens with zero attached hydrogens (tertiary/aromatic N) is 2. The Morgan fingerprint density at radius 2 is 1.86 bits per heavy atom. The Morgan fingerprint density at radius 1 is 1.19 bits per heavy atom. The highest BCUT2D eigenvalue weighted by atomic mass is 79.9. The summed E-state index contributed by atoms with van der Waals surface area (Å²) < 4.78 is 2.13.